The molecule has 0 fully saturated rings. The van der Waals surface area contributed by atoms with Crippen LogP contribution in [0.5, 0.6) is 0 Å². The zero-order chi connectivity index (χ0) is 7.68. The second-order valence-electron chi connectivity index (χ2n) is 2.25. The first-order valence-electron chi connectivity index (χ1n) is 3.27. The van der Waals surface area contributed by atoms with Crippen LogP contribution < -0.4 is 0 Å². The van der Waals surface area contributed by atoms with E-state index < -0.39 is 0 Å². The Labute approximate surface area is 68.1 Å². The van der Waals surface area contributed by atoms with Gasteiger partial charge in [0.2, 0.25) is 0 Å². The Bertz CT molecular complexity index is 298. The van der Waals surface area contributed by atoms with E-state index >= 15 is 0 Å². The molecule has 1 aromatic heterocycles. The smallest absolute Gasteiger partial charge is 0.331 e. The van der Waals surface area contributed by atoms with E-state index in [2.05, 4.69) is 0 Å². The van der Waals surface area contributed by atoms with Crippen LogP contribution in [0, 0.1) is 0 Å². The zero-order valence-corrected chi connectivity index (χ0v) is 6.56. The van der Waals surface area contributed by atoms with Crippen LogP contribution in [-0.2, 0) is 9.53 Å². The van der Waals surface area contributed by atoms with Crippen LogP contribution >= 0.6 is 11.3 Å². The molecule has 1 aliphatic heterocycles. The maximum Gasteiger partial charge on any atom is 0.331 e. The van der Waals surface area contributed by atoms with Gasteiger partial charge in [-0.3, -0.25) is 0 Å². The predicted octanol–water partition coefficient (Wildman–Crippen LogP) is 1.69. The van der Waals surface area contributed by atoms with E-state index in [1.54, 1.807) is 17.4 Å². The Balaban J connectivity index is 2.31. The summed E-state index contributed by atoms with van der Waals surface area (Å²) < 4.78 is 4.76. The SMILES string of the molecule is O=C1C=C(c2cccs2)CO1. The van der Waals surface area contributed by atoms with E-state index in [0.29, 0.717) is 6.61 Å². The Morgan fingerprint density at radius 1 is 1.55 bits per heavy atom. The van der Waals surface area contributed by atoms with E-state index in [9.17, 15) is 4.79 Å². The molecule has 0 bridgehead atoms. The highest BCUT2D eigenvalue weighted by Gasteiger charge is 2.14. The molecule has 0 amide bonds. The van der Waals surface area contributed by atoms with Gasteiger partial charge in [-0.15, -0.1) is 11.3 Å². The second-order valence-corrected chi connectivity index (χ2v) is 3.20. The van der Waals surface area contributed by atoms with Crippen LogP contribution in [0.3, 0.4) is 0 Å². The van der Waals surface area contributed by atoms with Gasteiger partial charge in [0.15, 0.2) is 0 Å². The second kappa shape index (κ2) is 2.51. The number of carbonyl (C=O) groups is 1. The van der Waals surface area contributed by atoms with Crippen LogP contribution in [0.4, 0.5) is 0 Å². The van der Waals surface area contributed by atoms with Gasteiger partial charge < -0.3 is 4.74 Å². The molecule has 0 saturated carbocycles. The van der Waals surface area contributed by atoms with Gasteiger partial charge in [-0.1, -0.05) is 6.07 Å². The fraction of sp³-hybridized carbons (Fsp3) is 0.125. The van der Waals surface area contributed by atoms with Gasteiger partial charge in [-0.25, -0.2) is 4.79 Å². The minimum absolute atomic E-state index is 0.228. The molecule has 0 aliphatic carbocycles. The summed E-state index contributed by atoms with van der Waals surface area (Å²) in [7, 11) is 0. The quantitative estimate of drug-likeness (QED) is 0.593. The van der Waals surface area contributed by atoms with Gasteiger partial charge in [0.05, 0.1) is 0 Å². The number of rotatable bonds is 1. The molecular weight excluding hydrogens is 160 g/mol. The van der Waals surface area contributed by atoms with Crippen molar-refractivity contribution in [1.29, 1.82) is 0 Å². The number of ether oxygens (including phenoxy) is 1. The van der Waals surface area contributed by atoms with Crippen molar-refractivity contribution in [2.45, 2.75) is 0 Å². The molecule has 1 aromatic rings. The molecule has 3 heteroatoms. The normalized spacial score (nSPS) is 16.4. The molecule has 0 aromatic carbocycles. The summed E-state index contributed by atoms with van der Waals surface area (Å²) in [6.45, 7) is 0.430. The number of esters is 1. The van der Waals surface area contributed by atoms with Gasteiger partial charge in [-0.05, 0) is 11.4 Å². The summed E-state index contributed by atoms with van der Waals surface area (Å²) in [5.41, 5.74) is 0.991. The Morgan fingerprint density at radius 3 is 3.00 bits per heavy atom. The third kappa shape index (κ3) is 1.19. The Morgan fingerprint density at radius 2 is 2.45 bits per heavy atom. The Kier molecular flexibility index (Phi) is 1.51. The number of hydrogen-bond donors (Lipinski definition) is 0. The highest BCUT2D eigenvalue weighted by atomic mass is 32.1. The standard InChI is InChI=1S/C8H6O2S/c9-8-4-6(5-10-8)7-2-1-3-11-7/h1-4H,5H2. The monoisotopic (exact) mass is 166 g/mol. The minimum Gasteiger partial charge on any atom is -0.458 e. The average Bonchev–Trinajstić information content (AvgIpc) is 2.55. The van der Waals surface area contributed by atoms with Crippen LogP contribution in [0.1, 0.15) is 4.88 Å². The number of hydrogen-bond acceptors (Lipinski definition) is 3. The van der Waals surface area contributed by atoms with Gasteiger partial charge in [0.1, 0.15) is 6.61 Å². The van der Waals surface area contributed by atoms with Crippen molar-refractivity contribution < 1.29 is 9.53 Å². The lowest BCUT2D eigenvalue weighted by Gasteiger charge is -1.92. The molecule has 1 aliphatic rings. The van der Waals surface area contributed by atoms with Gasteiger partial charge >= 0.3 is 5.97 Å². The lowest BCUT2D eigenvalue weighted by molar-refractivity contribution is -0.134. The first-order valence-corrected chi connectivity index (χ1v) is 4.15. The first kappa shape index (κ1) is 6.61. The van der Waals surface area contributed by atoms with Crippen molar-refractivity contribution in [2.24, 2.45) is 0 Å². The number of carbonyl (C=O) groups excluding carboxylic acids is 1. The van der Waals surface area contributed by atoms with E-state index in [4.69, 9.17) is 4.74 Å². The van der Waals surface area contributed by atoms with Crippen LogP contribution in [-0.4, -0.2) is 12.6 Å². The maximum absolute atomic E-state index is 10.7. The largest absolute Gasteiger partial charge is 0.458 e. The van der Waals surface area contributed by atoms with Crippen LogP contribution in [0.25, 0.3) is 5.57 Å². The molecular formula is C8H6O2S. The molecule has 0 atom stereocenters. The highest BCUT2D eigenvalue weighted by molar-refractivity contribution is 7.11. The molecule has 2 nitrogen and oxygen atoms in total. The van der Waals surface area contributed by atoms with E-state index in [0.717, 1.165) is 10.5 Å². The Hall–Kier alpha value is -1.09. The van der Waals surface area contributed by atoms with Crippen molar-refractivity contribution >= 4 is 22.9 Å². The first-order chi connectivity index (χ1) is 5.36. The number of thiophene rings is 1. The van der Waals surface area contributed by atoms with Crippen molar-refractivity contribution in [3.8, 4) is 0 Å². The van der Waals surface area contributed by atoms with Crippen molar-refractivity contribution in [1.82, 2.24) is 0 Å². The highest BCUT2D eigenvalue weighted by Crippen LogP contribution is 2.23. The fourth-order valence-corrected chi connectivity index (χ4v) is 1.71. The fourth-order valence-electron chi connectivity index (χ4n) is 0.978. The van der Waals surface area contributed by atoms with E-state index in [-0.39, 0.29) is 5.97 Å². The van der Waals surface area contributed by atoms with Crippen molar-refractivity contribution in [2.75, 3.05) is 6.61 Å². The van der Waals surface area contributed by atoms with Gasteiger partial charge in [0, 0.05) is 16.5 Å². The van der Waals surface area contributed by atoms with Crippen molar-refractivity contribution in [3.63, 3.8) is 0 Å². The molecule has 0 N–H and O–H groups in total. The summed E-state index contributed by atoms with van der Waals surface area (Å²) in [6.07, 6.45) is 1.55. The summed E-state index contributed by atoms with van der Waals surface area (Å²) in [4.78, 5) is 11.8. The molecule has 0 unspecified atom stereocenters. The maximum atomic E-state index is 10.7. The molecule has 0 saturated heterocycles. The van der Waals surface area contributed by atoms with Crippen LogP contribution in [0.15, 0.2) is 23.6 Å². The molecule has 11 heavy (non-hydrogen) atoms. The summed E-state index contributed by atoms with van der Waals surface area (Å²) in [5.74, 6) is -0.228. The molecule has 0 radical (unpaired) electrons. The predicted molar refractivity (Wildman–Crippen MR) is 43.3 cm³/mol. The summed E-state index contributed by atoms with van der Waals surface area (Å²) in [5, 5.41) is 1.99. The zero-order valence-electron chi connectivity index (χ0n) is 5.74. The van der Waals surface area contributed by atoms with E-state index in [1.165, 1.54) is 0 Å². The number of cyclic esters (lactones) is 1. The molecule has 56 valence electrons. The summed E-state index contributed by atoms with van der Waals surface area (Å²) >= 11 is 1.62. The third-order valence-electron chi connectivity index (χ3n) is 1.50. The topological polar surface area (TPSA) is 26.3 Å². The van der Waals surface area contributed by atoms with Gasteiger partial charge in [0.25, 0.3) is 0 Å². The van der Waals surface area contributed by atoms with E-state index in [1.807, 2.05) is 17.5 Å². The lowest BCUT2D eigenvalue weighted by atomic mass is 10.2. The minimum atomic E-state index is -0.228. The van der Waals surface area contributed by atoms with Crippen molar-refractivity contribution in [3.05, 3.63) is 28.5 Å². The molecule has 0 spiro atoms. The van der Waals surface area contributed by atoms with Gasteiger partial charge in [-0.2, -0.15) is 0 Å². The summed E-state index contributed by atoms with van der Waals surface area (Å²) in [6, 6.07) is 3.95. The third-order valence-corrected chi connectivity index (χ3v) is 2.45. The lowest BCUT2D eigenvalue weighted by Crippen LogP contribution is -1.90. The molecule has 2 rings (SSSR count). The average molecular weight is 166 g/mol. The molecule has 2 heterocycles. The van der Waals surface area contributed by atoms with Crippen LogP contribution in [0.2, 0.25) is 0 Å².